The molecule has 34 heavy (non-hydrogen) atoms. The van der Waals surface area contributed by atoms with E-state index in [1.807, 2.05) is 43.5 Å². The summed E-state index contributed by atoms with van der Waals surface area (Å²) in [7, 11) is 0. The molecule has 1 aromatic carbocycles. The molecule has 3 heterocycles. The van der Waals surface area contributed by atoms with Gasteiger partial charge in [-0.3, -0.25) is 9.78 Å². The second kappa shape index (κ2) is 8.99. The number of nitrogens with zero attached hydrogens (tertiary/aromatic N) is 4. The summed E-state index contributed by atoms with van der Waals surface area (Å²) in [5, 5.41) is 2.96. The Hall–Kier alpha value is -3.58. The zero-order valence-corrected chi connectivity index (χ0v) is 19.8. The molecule has 2 aromatic heterocycles. The Balaban J connectivity index is 1.32. The SMILES string of the molecule is C[C@H](NC(=O)c1ncc(C2=CCc3ncc(N4CCOC(C)(C)C4)cc32)cn1)c1ccccc1. The Bertz CT molecular complexity index is 1220. The van der Waals surface area contributed by atoms with Gasteiger partial charge in [-0.2, -0.15) is 0 Å². The first-order valence-corrected chi connectivity index (χ1v) is 11.7. The average Bonchev–Trinajstić information content (AvgIpc) is 3.27. The number of morpholine rings is 1. The predicted molar refractivity (Wildman–Crippen MR) is 132 cm³/mol. The number of rotatable bonds is 5. The van der Waals surface area contributed by atoms with Crippen molar-refractivity contribution in [2.24, 2.45) is 0 Å². The fraction of sp³-hybridized carbons (Fsp3) is 0.333. The summed E-state index contributed by atoms with van der Waals surface area (Å²) in [6.07, 6.45) is 8.33. The number of carbonyl (C=O) groups excluding carboxylic acids is 1. The zero-order valence-electron chi connectivity index (χ0n) is 19.8. The lowest BCUT2D eigenvalue weighted by Gasteiger charge is -2.39. The van der Waals surface area contributed by atoms with Gasteiger partial charge in [-0.1, -0.05) is 36.4 Å². The van der Waals surface area contributed by atoms with Gasteiger partial charge in [0.05, 0.1) is 35.8 Å². The Morgan fingerprint density at radius 2 is 1.88 bits per heavy atom. The van der Waals surface area contributed by atoms with Gasteiger partial charge in [0.15, 0.2) is 0 Å². The molecular weight excluding hydrogens is 426 g/mol. The molecular formula is C27H29N5O2. The van der Waals surface area contributed by atoms with Gasteiger partial charge in [-0.15, -0.1) is 0 Å². The molecule has 1 aliphatic carbocycles. The fourth-order valence-electron chi connectivity index (χ4n) is 4.54. The third-order valence-electron chi connectivity index (χ3n) is 6.35. The summed E-state index contributed by atoms with van der Waals surface area (Å²) in [4.78, 5) is 28.4. The zero-order chi connectivity index (χ0) is 23.7. The number of carbonyl (C=O) groups is 1. The first-order chi connectivity index (χ1) is 16.4. The lowest BCUT2D eigenvalue weighted by atomic mass is 10.0. The standard InChI is InChI=1S/C27H29N5O2/c1-18(19-7-5-4-6-8-19)31-26(33)25-29-14-20(15-30-25)22-9-10-24-23(22)13-21(16-28-24)32-11-12-34-27(2,3)17-32/h4-9,13-16,18H,10-12,17H2,1-3H3,(H,31,33)/t18-/m0/s1. The van der Waals surface area contributed by atoms with Crippen LogP contribution >= 0.6 is 0 Å². The van der Waals surface area contributed by atoms with E-state index in [2.05, 4.69) is 46.2 Å². The molecule has 0 saturated carbocycles. The van der Waals surface area contributed by atoms with Crippen molar-refractivity contribution in [3.8, 4) is 0 Å². The van der Waals surface area contributed by atoms with Gasteiger partial charge in [0.2, 0.25) is 5.82 Å². The number of hydrogen-bond acceptors (Lipinski definition) is 6. The first-order valence-electron chi connectivity index (χ1n) is 11.7. The molecule has 174 valence electrons. The van der Waals surface area contributed by atoms with Crippen LogP contribution in [0.4, 0.5) is 5.69 Å². The molecule has 1 aliphatic heterocycles. The highest BCUT2D eigenvalue weighted by molar-refractivity contribution is 5.91. The number of anilines is 1. The van der Waals surface area contributed by atoms with Crippen molar-refractivity contribution in [3.05, 3.63) is 89.3 Å². The van der Waals surface area contributed by atoms with E-state index < -0.39 is 0 Å². The number of aromatic nitrogens is 3. The van der Waals surface area contributed by atoms with E-state index in [0.29, 0.717) is 6.61 Å². The number of ether oxygens (including phenoxy) is 1. The van der Waals surface area contributed by atoms with Gasteiger partial charge in [0.1, 0.15) is 0 Å². The molecule has 1 N–H and O–H groups in total. The summed E-state index contributed by atoms with van der Waals surface area (Å²) >= 11 is 0. The quantitative estimate of drug-likeness (QED) is 0.627. The molecule has 0 unspecified atom stereocenters. The maximum absolute atomic E-state index is 12.7. The lowest BCUT2D eigenvalue weighted by molar-refractivity contribution is -0.0277. The van der Waals surface area contributed by atoms with Crippen molar-refractivity contribution in [3.63, 3.8) is 0 Å². The molecule has 7 heteroatoms. The molecule has 3 aromatic rings. The molecule has 1 atom stereocenters. The van der Waals surface area contributed by atoms with Crippen LogP contribution in [0.15, 0.2) is 61.1 Å². The summed E-state index contributed by atoms with van der Waals surface area (Å²) in [5.74, 6) is -0.129. The fourth-order valence-corrected chi connectivity index (χ4v) is 4.54. The monoisotopic (exact) mass is 455 g/mol. The molecule has 1 fully saturated rings. The second-order valence-corrected chi connectivity index (χ2v) is 9.44. The number of fused-ring (bicyclic) bond motifs is 1. The molecule has 2 aliphatic rings. The molecule has 0 radical (unpaired) electrons. The van der Waals surface area contributed by atoms with Crippen molar-refractivity contribution in [1.29, 1.82) is 0 Å². The first kappa shape index (κ1) is 22.2. The van der Waals surface area contributed by atoms with Crippen molar-refractivity contribution in [2.75, 3.05) is 24.6 Å². The van der Waals surface area contributed by atoms with Crippen LogP contribution in [-0.2, 0) is 11.2 Å². The van der Waals surface area contributed by atoms with Crippen molar-refractivity contribution < 1.29 is 9.53 Å². The van der Waals surface area contributed by atoms with Gasteiger partial charge >= 0.3 is 0 Å². The minimum Gasteiger partial charge on any atom is -0.372 e. The number of hydrogen-bond donors (Lipinski definition) is 1. The van der Waals surface area contributed by atoms with E-state index in [4.69, 9.17) is 9.72 Å². The second-order valence-electron chi connectivity index (χ2n) is 9.44. The maximum atomic E-state index is 12.7. The molecule has 0 spiro atoms. The van der Waals surface area contributed by atoms with Crippen LogP contribution in [-0.4, -0.2) is 46.2 Å². The smallest absolute Gasteiger partial charge is 0.289 e. The van der Waals surface area contributed by atoms with Crippen molar-refractivity contribution >= 4 is 17.2 Å². The predicted octanol–water partition coefficient (Wildman–Crippen LogP) is 3.97. The van der Waals surface area contributed by atoms with E-state index in [9.17, 15) is 4.79 Å². The topological polar surface area (TPSA) is 80.2 Å². The van der Waals surface area contributed by atoms with E-state index in [0.717, 1.165) is 53.2 Å². The van der Waals surface area contributed by atoms with Gasteiger partial charge in [-0.05, 0) is 38.0 Å². The Kier molecular flexibility index (Phi) is 5.87. The highest BCUT2D eigenvalue weighted by Crippen LogP contribution is 2.34. The van der Waals surface area contributed by atoms with Gasteiger partial charge in [0.25, 0.3) is 5.91 Å². The summed E-state index contributed by atoms with van der Waals surface area (Å²) in [6, 6.07) is 11.9. The maximum Gasteiger partial charge on any atom is 0.289 e. The van der Waals surface area contributed by atoms with Crippen LogP contribution in [0.5, 0.6) is 0 Å². The van der Waals surface area contributed by atoms with Crippen LogP contribution in [0.3, 0.4) is 0 Å². The summed E-state index contributed by atoms with van der Waals surface area (Å²) in [6.45, 7) is 8.54. The molecule has 1 saturated heterocycles. The third-order valence-corrected chi connectivity index (χ3v) is 6.35. The van der Waals surface area contributed by atoms with Crippen LogP contribution < -0.4 is 10.2 Å². The molecule has 0 bridgehead atoms. The average molecular weight is 456 g/mol. The normalized spacial score (nSPS) is 17.6. The number of benzene rings is 1. The number of amides is 1. The van der Waals surface area contributed by atoms with Gasteiger partial charge < -0.3 is 15.0 Å². The summed E-state index contributed by atoms with van der Waals surface area (Å²) in [5.41, 5.74) is 6.03. The molecule has 5 rings (SSSR count). The minimum absolute atomic E-state index is 0.129. The minimum atomic E-state index is -0.289. The highest BCUT2D eigenvalue weighted by atomic mass is 16.5. The molecule has 1 amide bonds. The van der Waals surface area contributed by atoms with Gasteiger partial charge in [-0.25, -0.2) is 9.97 Å². The number of allylic oxidation sites excluding steroid dienone is 1. The Labute approximate surface area is 199 Å². The lowest BCUT2D eigenvalue weighted by Crippen LogP contribution is -2.48. The number of pyridine rings is 1. The van der Waals surface area contributed by atoms with E-state index in [-0.39, 0.29) is 23.4 Å². The summed E-state index contributed by atoms with van der Waals surface area (Å²) < 4.78 is 5.86. The van der Waals surface area contributed by atoms with Crippen LogP contribution in [0, 0.1) is 0 Å². The Morgan fingerprint density at radius 3 is 2.62 bits per heavy atom. The van der Waals surface area contributed by atoms with E-state index >= 15 is 0 Å². The van der Waals surface area contributed by atoms with Crippen molar-refractivity contribution in [1.82, 2.24) is 20.3 Å². The van der Waals surface area contributed by atoms with Gasteiger partial charge in [0, 0.05) is 43.0 Å². The number of nitrogens with one attached hydrogen (secondary N) is 1. The van der Waals surface area contributed by atoms with Crippen molar-refractivity contribution in [2.45, 2.75) is 38.8 Å². The van der Waals surface area contributed by atoms with E-state index in [1.165, 1.54) is 0 Å². The van der Waals surface area contributed by atoms with Crippen LogP contribution in [0.1, 0.15) is 59.8 Å². The third kappa shape index (κ3) is 4.56. The largest absolute Gasteiger partial charge is 0.372 e. The highest BCUT2D eigenvalue weighted by Gasteiger charge is 2.28. The van der Waals surface area contributed by atoms with Crippen LogP contribution in [0.25, 0.3) is 5.57 Å². The van der Waals surface area contributed by atoms with E-state index in [1.54, 1.807) is 12.4 Å². The Morgan fingerprint density at radius 1 is 1.12 bits per heavy atom. The molecule has 7 nitrogen and oxygen atoms in total. The van der Waals surface area contributed by atoms with Crippen LogP contribution in [0.2, 0.25) is 0 Å².